The Morgan fingerprint density at radius 3 is 2.65 bits per heavy atom. The maximum absolute atomic E-state index is 12.3. The van der Waals surface area contributed by atoms with Crippen molar-refractivity contribution in [2.45, 2.75) is 0 Å². The van der Waals surface area contributed by atoms with Gasteiger partial charge in [-0.15, -0.1) is 0 Å². The van der Waals surface area contributed by atoms with Crippen LogP contribution in [0.3, 0.4) is 0 Å². The van der Waals surface area contributed by atoms with E-state index in [0.29, 0.717) is 38.6 Å². The van der Waals surface area contributed by atoms with Crippen LogP contribution in [-0.4, -0.2) is 18.0 Å². The SMILES string of the molecule is COc1cccc(C(=O)Nc2ccc(Nc3cc(Cl)ccc3Cl)nc2)c1. The predicted octanol–water partition coefficient (Wildman–Crippen LogP) is 5.39. The molecule has 0 bridgehead atoms. The molecule has 5 nitrogen and oxygen atoms in total. The second-order valence-electron chi connectivity index (χ2n) is 5.37. The van der Waals surface area contributed by atoms with Gasteiger partial charge in [-0.3, -0.25) is 4.79 Å². The number of carbonyl (C=O) groups is 1. The van der Waals surface area contributed by atoms with Crippen LogP contribution in [0.4, 0.5) is 17.2 Å². The Balaban J connectivity index is 1.69. The first kappa shape index (κ1) is 18.0. The molecule has 1 heterocycles. The lowest BCUT2D eigenvalue weighted by Crippen LogP contribution is -2.12. The third kappa shape index (κ3) is 4.45. The minimum Gasteiger partial charge on any atom is -0.497 e. The van der Waals surface area contributed by atoms with Crippen molar-refractivity contribution in [1.29, 1.82) is 0 Å². The molecular formula is C19H15Cl2N3O2. The summed E-state index contributed by atoms with van der Waals surface area (Å²) in [4.78, 5) is 16.6. The van der Waals surface area contributed by atoms with Crippen molar-refractivity contribution in [3.05, 3.63) is 76.4 Å². The summed E-state index contributed by atoms with van der Waals surface area (Å²) in [5, 5.41) is 6.98. The van der Waals surface area contributed by atoms with Crippen LogP contribution in [0.25, 0.3) is 0 Å². The molecule has 0 spiro atoms. The number of hydrogen-bond acceptors (Lipinski definition) is 4. The number of anilines is 3. The Morgan fingerprint density at radius 1 is 1.08 bits per heavy atom. The Hall–Kier alpha value is -2.76. The molecule has 7 heteroatoms. The average Bonchev–Trinajstić information content (AvgIpc) is 2.66. The van der Waals surface area contributed by atoms with Crippen LogP contribution >= 0.6 is 23.2 Å². The summed E-state index contributed by atoms with van der Waals surface area (Å²) in [5.41, 5.74) is 1.72. The Bertz CT molecular complexity index is 930. The monoisotopic (exact) mass is 387 g/mol. The van der Waals surface area contributed by atoms with Gasteiger partial charge < -0.3 is 15.4 Å². The zero-order valence-corrected chi connectivity index (χ0v) is 15.3. The van der Waals surface area contributed by atoms with Crippen molar-refractivity contribution >= 4 is 46.3 Å². The molecule has 0 fully saturated rings. The van der Waals surface area contributed by atoms with E-state index in [1.165, 1.54) is 0 Å². The number of amides is 1. The van der Waals surface area contributed by atoms with Gasteiger partial charge in [0.15, 0.2) is 0 Å². The first-order valence-corrected chi connectivity index (χ1v) is 8.44. The second kappa shape index (κ2) is 8.08. The summed E-state index contributed by atoms with van der Waals surface area (Å²) in [7, 11) is 1.55. The van der Waals surface area contributed by atoms with Gasteiger partial charge >= 0.3 is 0 Å². The van der Waals surface area contributed by atoms with Gasteiger partial charge in [0.2, 0.25) is 0 Å². The minimum absolute atomic E-state index is 0.246. The van der Waals surface area contributed by atoms with E-state index in [-0.39, 0.29) is 5.91 Å². The molecule has 0 saturated heterocycles. The number of carbonyl (C=O) groups excluding carboxylic acids is 1. The molecule has 1 amide bonds. The van der Waals surface area contributed by atoms with Crippen molar-refractivity contribution in [3.8, 4) is 5.75 Å². The van der Waals surface area contributed by atoms with Crippen LogP contribution in [0.5, 0.6) is 5.75 Å². The van der Waals surface area contributed by atoms with E-state index in [2.05, 4.69) is 15.6 Å². The van der Waals surface area contributed by atoms with Crippen molar-refractivity contribution in [2.75, 3.05) is 17.7 Å². The first-order valence-electron chi connectivity index (χ1n) is 7.69. The quantitative estimate of drug-likeness (QED) is 0.615. The summed E-state index contributed by atoms with van der Waals surface area (Å²) in [5.74, 6) is 0.951. The highest BCUT2D eigenvalue weighted by atomic mass is 35.5. The summed E-state index contributed by atoms with van der Waals surface area (Å²) >= 11 is 12.1. The third-order valence-electron chi connectivity index (χ3n) is 3.54. The van der Waals surface area contributed by atoms with Gasteiger partial charge in [0.05, 0.1) is 29.7 Å². The van der Waals surface area contributed by atoms with Crippen LogP contribution in [0.2, 0.25) is 10.0 Å². The summed E-state index contributed by atoms with van der Waals surface area (Å²) in [6.45, 7) is 0. The standard InChI is InChI=1S/C19H15Cl2N3O2/c1-26-15-4-2-3-12(9-15)19(25)23-14-6-8-18(22-11-14)24-17-10-13(20)5-7-16(17)21/h2-11H,1H3,(H,22,24)(H,23,25). The molecule has 1 aromatic heterocycles. The number of aromatic nitrogens is 1. The molecule has 0 radical (unpaired) electrons. The number of rotatable bonds is 5. The number of nitrogens with one attached hydrogen (secondary N) is 2. The number of ether oxygens (including phenoxy) is 1. The fourth-order valence-corrected chi connectivity index (χ4v) is 2.58. The number of benzene rings is 2. The highest BCUT2D eigenvalue weighted by molar-refractivity contribution is 6.35. The summed E-state index contributed by atoms with van der Waals surface area (Å²) in [6.07, 6.45) is 1.55. The Labute approximate surface area is 160 Å². The van der Waals surface area contributed by atoms with Gasteiger partial charge in [0, 0.05) is 10.6 Å². The number of halogens is 2. The van der Waals surface area contributed by atoms with Crippen molar-refractivity contribution in [1.82, 2.24) is 4.98 Å². The van der Waals surface area contributed by atoms with E-state index in [1.807, 2.05) is 0 Å². The minimum atomic E-state index is -0.246. The third-order valence-corrected chi connectivity index (χ3v) is 4.11. The molecular weight excluding hydrogens is 373 g/mol. The highest BCUT2D eigenvalue weighted by Crippen LogP contribution is 2.28. The second-order valence-corrected chi connectivity index (χ2v) is 6.21. The zero-order valence-electron chi connectivity index (χ0n) is 13.8. The largest absolute Gasteiger partial charge is 0.497 e. The smallest absolute Gasteiger partial charge is 0.255 e. The summed E-state index contributed by atoms with van der Waals surface area (Å²) in [6, 6.07) is 15.5. The number of nitrogens with zero attached hydrogens (tertiary/aromatic N) is 1. The fraction of sp³-hybridized carbons (Fsp3) is 0.0526. The van der Waals surface area contributed by atoms with Gasteiger partial charge in [-0.1, -0.05) is 29.3 Å². The first-order chi connectivity index (χ1) is 12.5. The Kier molecular flexibility index (Phi) is 5.61. The number of hydrogen-bond donors (Lipinski definition) is 2. The van der Waals surface area contributed by atoms with Crippen molar-refractivity contribution < 1.29 is 9.53 Å². The molecule has 0 atom stereocenters. The normalized spacial score (nSPS) is 10.3. The van der Waals surface area contributed by atoms with Crippen LogP contribution in [0.1, 0.15) is 10.4 Å². The summed E-state index contributed by atoms with van der Waals surface area (Å²) < 4.78 is 5.12. The van der Waals surface area contributed by atoms with Gasteiger partial charge in [-0.2, -0.15) is 0 Å². The van der Waals surface area contributed by atoms with Crippen LogP contribution < -0.4 is 15.4 Å². The number of pyridine rings is 1. The number of methoxy groups -OCH3 is 1. The van der Waals surface area contributed by atoms with Crippen LogP contribution in [0.15, 0.2) is 60.8 Å². The Morgan fingerprint density at radius 2 is 1.92 bits per heavy atom. The van der Waals surface area contributed by atoms with Gasteiger partial charge in [-0.25, -0.2) is 4.98 Å². The highest BCUT2D eigenvalue weighted by Gasteiger charge is 2.08. The maximum atomic E-state index is 12.3. The lowest BCUT2D eigenvalue weighted by molar-refractivity contribution is 0.102. The lowest BCUT2D eigenvalue weighted by Gasteiger charge is -2.10. The van der Waals surface area contributed by atoms with E-state index in [4.69, 9.17) is 27.9 Å². The molecule has 0 unspecified atom stereocenters. The fourth-order valence-electron chi connectivity index (χ4n) is 2.24. The van der Waals surface area contributed by atoms with E-state index in [1.54, 1.807) is 67.9 Å². The molecule has 132 valence electrons. The van der Waals surface area contributed by atoms with Crippen molar-refractivity contribution in [3.63, 3.8) is 0 Å². The van der Waals surface area contributed by atoms with Crippen molar-refractivity contribution in [2.24, 2.45) is 0 Å². The molecule has 0 aliphatic heterocycles. The molecule has 0 aliphatic carbocycles. The van der Waals surface area contributed by atoms with E-state index in [0.717, 1.165) is 0 Å². The van der Waals surface area contributed by atoms with Gasteiger partial charge in [-0.05, 0) is 48.5 Å². The predicted molar refractivity (Wildman–Crippen MR) is 105 cm³/mol. The molecule has 2 N–H and O–H groups in total. The van der Waals surface area contributed by atoms with E-state index >= 15 is 0 Å². The topological polar surface area (TPSA) is 63.2 Å². The average molecular weight is 388 g/mol. The van der Waals surface area contributed by atoms with Crippen LogP contribution in [0, 0.1) is 0 Å². The molecule has 26 heavy (non-hydrogen) atoms. The molecule has 0 saturated carbocycles. The molecule has 3 rings (SSSR count). The molecule has 2 aromatic carbocycles. The van der Waals surface area contributed by atoms with Gasteiger partial charge in [0.25, 0.3) is 5.91 Å². The zero-order chi connectivity index (χ0) is 18.5. The molecule has 0 aliphatic rings. The van der Waals surface area contributed by atoms with E-state index < -0.39 is 0 Å². The molecule has 3 aromatic rings. The van der Waals surface area contributed by atoms with Gasteiger partial charge in [0.1, 0.15) is 11.6 Å². The van der Waals surface area contributed by atoms with E-state index in [9.17, 15) is 4.79 Å². The maximum Gasteiger partial charge on any atom is 0.255 e. The lowest BCUT2D eigenvalue weighted by atomic mass is 10.2. The van der Waals surface area contributed by atoms with Crippen LogP contribution in [-0.2, 0) is 0 Å².